The van der Waals surface area contributed by atoms with Crippen LogP contribution >= 0.6 is 0 Å². The van der Waals surface area contributed by atoms with E-state index in [9.17, 15) is 19.3 Å². The van der Waals surface area contributed by atoms with E-state index in [2.05, 4.69) is 10.5 Å². The molecule has 2 aromatic carbocycles. The number of carbonyl (C=O) groups excluding carboxylic acids is 1. The number of nitro groups is 1. The van der Waals surface area contributed by atoms with Gasteiger partial charge in [-0.05, 0) is 30.7 Å². The molecule has 0 aromatic heterocycles. The molecule has 0 saturated carbocycles. The normalized spacial score (nSPS) is 10.6. The van der Waals surface area contributed by atoms with E-state index in [0.29, 0.717) is 11.1 Å². The van der Waals surface area contributed by atoms with Gasteiger partial charge in [0.25, 0.3) is 11.6 Å². The monoisotopic (exact) mass is 301 g/mol. The summed E-state index contributed by atoms with van der Waals surface area (Å²) in [6, 6.07) is 9.71. The number of halogens is 1. The van der Waals surface area contributed by atoms with Gasteiger partial charge in [0.1, 0.15) is 5.82 Å². The lowest BCUT2D eigenvalue weighted by atomic mass is 10.1. The fourth-order valence-corrected chi connectivity index (χ4v) is 1.73. The second kappa shape index (κ2) is 6.57. The Bertz CT molecular complexity index is 742. The molecule has 6 nitrogen and oxygen atoms in total. The second-order valence-corrected chi connectivity index (χ2v) is 4.51. The number of amides is 1. The summed E-state index contributed by atoms with van der Waals surface area (Å²) in [6.45, 7) is 1.59. The van der Waals surface area contributed by atoms with E-state index in [1.807, 2.05) is 0 Å². The van der Waals surface area contributed by atoms with E-state index >= 15 is 0 Å². The van der Waals surface area contributed by atoms with Gasteiger partial charge in [-0.3, -0.25) is 14.9 Å². The molecular formula is C15H12FN3O3. The van der Waals surface area contributed by atoms with E-state index < -0.39 is 10.8 Å². The predicted octanol–water partition coefficient (Wildman–Crippen LogP) is 2.81. The van der Waals surface area contributed by atoms with Gasteiger partial charge in [-0.15, -0.1) is 0 Å². The summed E-state index contributed by atoms with van der Waals surface area (Å²) in [5, 5.41) is 14.6. The number of rotatable bonds is 4. The van der Waals surface area contributed by atoms with E-state index in [1.54, 1.807) is 6.92 Å². The highest BCUT2D eigenvalue weighted by Gasteiger charge is 2.14. The summed E-state index contributed by atoms with van der Waals surface area (Å²) in [5.74, 6) is -0.936. The first-order valence-corrected chi connectivity index (χ1v) is 6.31. The zero-order chi connectivity index (χ0) is 16.1. The Kier molecular flexibility index (Phi) is 4.57. The zero-order valence-electron chi connectivity index (χ0n) is 11.6. The number of hydrazone groups is 1. The molecule has 0 spiro atoms. The Hall–Kier alpha value is -3.09. The minimum Gasteiger partial charge on any atom is -0.267 e. The zero-order valence-corrected chi connectivity index (χ0v) is 11.6. The maximum Gasteiger partial charge on any atom is 0.273 e. The summed E-state index contributed by atoms with van der Waals surface area (Å²) in [6.07, 6.45) is 1.35. The van der Waals surface area contributed by atoms with Gasteiger partial charge in [0.15, 0.2) is 0 Å². The fourth-order valence-electron chi connectivity index (χ4n) is 1.73. The van der Waals surface area contributed by atoms with Gasteiger partial charge in [-0.1, -0.05) is 18.2 Å². The van der Waals surface area contributed by atoms with Gasteiger partial charge in [0, 0.05) is 17.2 Å². The quantitative estimate of drug-likeness (QED) is 0.535. The Morgan fingerprint density at radius 3 is 2.59 bits per heavy atom. The number of carbonyl (C=O) groups is 1. The molecule has 0 aliphatic carbocycles. The maximum absolute atomic E-state index is 12.7. The van der Waals surface area contributed by atoms with Crippen molar-refractivity contribution >= 4 is 17.8 Å². The van der Waals surface area contributed by atoms with Crippen LogP contribution in [0, 0.1) is 22.9 Å². The highest BCUT2D eigenvalue weighted by Crippen LogP contribution is 2.19. The molecule has 0 fully saturated rings. The molecule has 0 aliphatic rings. The largest absolute Gasteiger partial charge is 0.273 e. The molecule has 2 aromatic rings. The van der Waals surface area contributed by atoms with Crippen molar-refractivity contribution in [3.63, 3.8) is 0 Å². The van der Waals surface area contributed by atoms with Crippen LogP contribution in [0.3, 0.4) is 0 Å². The summed E-state index contributed by atoms with van der Waals surface area (Å²) in [4.78, 5) is 22.2. The van der Waals surface area contributed by atoms with Gasteiger partial charge in [0.2, 0.25) is 0 Å². The molecule has 0 radical (unpaired) electrons. The van der Waals surface area contributed by atoms with Crippen LogP contribution in [0.2, 0.25) is 0 Å². The molecule has 0 unspecified atom stereocenters. The van der Waals surface area contributed by atoms with Gasteiger partial charge in [0.05, 0.1) is 11.1 Å². The molecule has 0 saturated heterocycles. The van der Waals surface area contributed by atoms with Crippen LogP contribution in [0.4, 0.5) is 10.1 Å². The van der Waals surface area contributed by atoms with E-state index in [4.69, 9.17) is 0 Å². The van der Waals surface area contributed by atoms with Crippen LogP contribution in [0.5, 0.6) is 0 Å². The molecule has 7 heteroatoms. The van der Waals surface area contributed by atoms with Crippen LogP contribution in [0.1, 0.15) is 21.5 Å². The third kappa shape index (κ3) is 3.72. The van der Waals surface area contributed by atoms with Crippen molar-refractivity contribution in [2.75, 3.05) is 0 Å². The van der Waals surface area contributed by atoms with Gasteiger partial charge < -0.3 is 0 Å². The first-order chi connectivity index (χ1) is 10.5. The van der Waals surface area contributed by atoms with Crippen LogP contribution in [-0.2, 0) is 0 Å². The van der Waals surface area contributed by atoms with Crippen molar-refractivity contribution < 1.29 is 14.1 Å². The van der Waals surface area contributed by atoms with Crippen molar-refractivity contribution in [1.82, 2.24) is 5.43 Å². The van der Waals surface area contributed by atoms with E-state index in [-0.39, 0.29) is 17.1 Å². The molecule has 2 rings (SSSR count). The minimum absolute atomic E-state index is 0.129. The molecule has 112 valence electrons. The molecule has 1 N–H and O–H groups in total. The predicted molar refractivity (Wildman–Crippen MR) is 79.3 cm³/mol. The highest BCUT2D eigenvalue weighted by atomic mass is 19.1. The summed E-state index contributed by atoms with van der Waals surface area (Å²) < 4.78 is 12.7. The first kappa shape index (κ1) is 15.3. The third-order valence-electron chi connectivity index (χ3n) is 2.92. The number of aryl methyl sites for hydroxylation is 1. The third-order valence-corrected chi connectivity index (χ3v) is 2.92. The fraction of sp³-hybridized carbons (Fsp3) is 0.0667. The van der Waals surface area contributed by atoms with Crippen molar-refractivity contribution in [3.05, 3.63) is 75.1 Å². The van der Waals surface area contributed by atoms with Crippen LogP contribution in [-0.4, -0.2) is 17.0 Å². The van der Waals surface area contributed by atoms with Crippen molar-refractivity contribution in [2.45, 2.75) is 6.92 Å². The number of nitrogens with one attached hydrogen (secondary N) is 1. The van der Waals surface area contributed by atoms with Crippen molar-refractivity contribution in [3.8, 4) is 0 Å². The van der Waals surface area contributed by atoms with E-state index in [0.717, 1.165) is 0 Å². The minimum atomic E-state index is -0.568. The smallest absolute Gasteiger partial charge is 0.267 e. The molecule has 0 aliphatic heterocycles. The number of nitro benzene ring substituents is 1. The molecule has 22 heavy (non-hydrogen) atoms. The molecule has 1 amide bonds. The van der Waals surface area contributed by atoms with Crippen LogP contribution < -0.4 is 5.43 Å². The second-order valence-electron chi connectivity index (χ2n) is 4.51. The lowest BCUT2D eigenvalue weighted by molar-refractivity contribution is -0.385. The number of benzene rings is 2. The van der Waals surface area contributed by atoms with E-state index in [1.165, 1.54) is 48.7 Å². The van der Waals surface area contributed by atoms with Gasteiger partial charge in [-0.2, -0.15) is 5.10 Å². The molecular weight excluding hydrogens is 289 g/mol. The summed E-state index contributed by atoms with van der Waals surface area (Å²) in [7, 11) is 0. The number of hydrogen-bond donors (Lipinski definition) is 1. The maximum atomic E-state index is 12.7. The summed E-state index contributed by atoms with van der Waals surface area (Å²) in [5.41, 5.74) is 3.34. The van der Waals surface area contributed by atoms with Gasteiger partial charge in [-0.25, -0.2) is 9.82 Å². The standard InChI is InChI=1S/C15H12FN3O3/c1-10-2-5-12(8-14(10)19(21)22)15(20)18-17-9-11-3-6-13(16)7-4-11/h2-9H,1H3,(H,18,20). The Labute approximate surface area is 125 Å². The topological polar surface area (TPSA) is 84.6 Å². The van der Waals surface area contributed by atoms with Crippen molar-refractivity contribution in [1.29, 1.82) is 0 Å². The molecule has 0 atom stereocenters. The Morgan fingerprint density at radius 1 is 1.27 bits per heavy atom. The van der Waals surface area contributed by atoms with Crippen LogP contribution in [0.25, 0.3) is 0 Å². The van der Waals surface area contributed by atoms with Crippen LogP contribution in [0.15, 0.2) is 47.6 Å². The molecule has 0 heterocycles. The SMILES string of the molecule is Cc1ccc(C(=O)NN=Cc2ccc(F)cc2)cc1[N+](=O)[O-]. The average Bonchev–Trinajstić information content (AvgIpc) is 2.49. The van der Waals surface area contributed by atoms with Crippen molar-refractivity contribution in [2.24, 2.45) is 5.10 Å². The summed E-state index contributed by atoms with van der Waals surface area (Å²) >= 11 is 0. The number of hydrogen-bond acceptors (Lipinski definition) is 4. The lowest BCUT2D eigenvalue weighted by Crippen LogP contribution is -2.17. The Balaban J connectivity index is 2.08. The lowest BCUT2D eigenvalue weighted by Gasteiger charge is -2.02. The average molecular weight is 301 g/mol. The number of nitrogens with zero attached hydrogens (tertiary/aromatic N) is 2. The Morgan fingerprint density at radius 2 is 1.95 bits per heavy atom. The first-order valence-electron chi connectivity index (χ1n) is 6.31. The highest BCUT2D eigenvalue weighted by molar-refractivity contribution is 5.95. The van der Waals surface area contributed by atoms with Gasteiger partial charge >= 0.3 is 0 Å². The molecule has 0 bridgehead atoms.